The van der Waals surface area contributed by atoms with Crippen molar-refractivity contribution < 1.29 is 28.5 Å². The molecule has 2 heterocycles. The number of ketones is 1. The minimum atomic E-state index is -0.0815. The summed E-state index contributed by atoms with van der Waals surface area (Å²) in [4.78, 5) is 31.2. The summed E-state index contributed by atoms with van der Waals surface area (Å²) in [5.74, 6) is 2.82. The summed E-state index contributed by atoms with van der Waals surface area (Å²) in [5, 5.41) is 0. The summed E-state index contributed by atoms with van der Waals surface area (Å²) < 4.78 is 22.8. The molecule has 2 unspecified atom stereocenters. The average Bonchev–Trinajstić information content (AvgIpc) is 3.37. The van der Waals surface area contributed by atoms with E-state index in [4.69, 9.17) is 18.9 Å². The lowest BCUT2D eigenvalue weighted by Crippen LogP contribution is -2.32. The third kappa shape index (κ3) is 9.59. The molecule has 0 radical (unpaired) electrons. The molecule has 0 aromatic heterocycles. The highest BCUT2D eigenvalue weighted by Gasteiger charge is 2.31. The van der Waals surface area contributed by atoms with Gasteiger partial charge in [0.2, 0.25) is 0 Å². The zero-order valence-electron chi connectivity index (χ0n) is 28.8. The van der Waals surface area contributed by atoms with Gasteiger partial charge in [-0.2, -0.15) is 0 Å². The van der Waals surface area contributed by atoms with E-state index in [-0.39, 0.29) is 17.7 Å². The van der Waals surface area contributed by atoms with Crippen LogP contribution in [0.2, 0.25) is 0 Å². The number of carbonyl (C=O) groups is 2. The average molecular weight is 631 g/mol. The molecule has 0 spiro atoms. The van der Waals surface area contributed by atoms with Crippen molar-refractivity contribution in [1.29, 1.82) is 0 Å². The van der Waals surface area contributed by atoms with Crippen LogP contribution in [0.25, 0.3) is 0 Å². The number of aryl methyl sites for hydroxylation is 1. The lowest BCUT2D eigenvalue weighted by Gasteiger charge is -2.19. The number of allylic oxidation sites excluding steroid dienone is 3. The Balaban J connectivity index is 0.000000559. The molecule has 2 aliphatic heterocycles. The number of amides is 1. The standard InChI is InChI=1S/C29H34N2O6.C9H16/c1-18-11-21-16-30-24-15-28(26(35-5)14-23(24)29(33)31(21)17-18)37-10-8-6-7-9-36-27-12-19(2)22(20(3)32)13-25(27)34-4;1-5-8(3)7-9(4)6-2/h12-17,21H,6-11H2,1-5H3;5-6,8H,1,7H2,2-4H3/b;9-6-. The first-order valence-corrected chi connectivity index (χ1v) is 16.0. The van der Waals surface area contributed by atoms with Gasteiger partial charge in [0.25, 0.3) is 5.91 Å². The molecule has 2 aromatic carbocycles. The molecule has 0 N–H and O–H groups in total. The molecular weight excluding hydrogens is 580 g/mol. The zero-order chi connectivity index (χ0) is 33.8. The van der Waals surface area contributed by atoms with E-state index < -0.39 is 0 Å². The fraction of sp³-hybridized carbons (Fsp3) is 0.447. The number of carbonyl (C=O) groups excluding carboxylic acids is 2. The summed E-state index contributed by atoms with van der Waals surface area (Å²) >= 11 is 0. The van der Waals surface area contributed by atoms with Crippen molar-refractivity contribution in [3.8, 4) is 23.0 Å². The Hall–Kier alpha value is -4.33. The summed E-state index contributed by atoms with van der Waals surface area (Å²) in [6.45, 7) is 16.6. The number of aliphatic imine (C=N–C) groups is 1. The molecule has 1 amide bonds. The van der Waals surface area contributed by atoms with Crippen LogP contribution >= 0.6 is 0 Å². The monoisotopic (exact) mass is 630 g/mol. The number of ether oxygens (including phenoxy) is 4. The highest BCUT2D eigenvalue weighted by Crippen LogP contribution is 2.38. The van der Waals surface area contributed by atoms with Crippen molar-refractivity contribution in [3.63, 3.8) is 0 Å². The van der Waals surface area contributed by atoms with Crippen LogP contribution in [0.5, 0.6) is 23.0 Å². The molecule has 2 aromatic rings. The van der Waals surface area contributed by atoms with E-state index in [2.05, 4.69) is 38.4 Å². The summed E-state index contributed by atoms with van der Waals surface area (Å²) in [6, 6.07) is 7.03. The molecule has 0 aliphatic carbocycles. The normalized spacial score (nSPS) is 15.9. The summed E-state index contributed by atoms with van der Waals surface area (Å²) in [6.07, 6.45) is 12.4. The van der Waals surface area contributed by atoms with Crippen LogP contribution in [0.1, 0.15) is 93.0 Å². The fourth-order valence-corrected chi connectivity index (χ4v) is 5.32. The van der Waals surface area contributed by atoms with Gasteiger partial charge in [0.05, 0.1) is 44.7 Å². The Morgan fingerprint density at radius 2 is 1.63 bits per heavy atom. The first kappa shape index (κ1) is 36.1. The van der Waals surface area contributed by atoms with E-state index >= 15 is 0 Å². The lowest BCUT2D eigenvalue weighted by molar-refractivity contribution is 0.0817. The van der Waals surface area contributed by atoms with Crippen molar-refractivity contribution in [2.45, 2.75) is 79.7 Å². The van der Waals surface area contributed by atoms with Crippen LogP contribution in [-0.4, -0.2) is 56.3 Å². The van der Waals surface area contributed by atoms with Crippen molar-refractivity contribution in [2.75, 3.05) is 27.4 Å². The predicted molar refractivity (Wildman–Crippen MR) is 185 cm³/mol. The molecule has 2 aliphatic rings. The summed E-state index contributed by atoms with van der Waals surface area (Å²) in [7, 11) is 3.13. The third-order valence-corrected chi connectivity index (χ3v) is 8.11. The Morgan fingerprint density at radius 3 is 2.22 bits per heavy atom. The second kappa shape index (κ2) is 17.4. The largest absolute Gasteiger partial charge is 0.493 e. The van der Waals surface area contributed by atoms with Gasteiger partial charge in [-0.15, -0.1) is 6.58 Å². The third-order valence-electron chi connectivity index (χ3n) is 8.11. The smallest absolute Gasteiger partial charge is 0.260 e. The van der Waals surface area contributed by atoms with Gasteiger partial charge >= 0.3 is 0 Å². The van der Waals surface area contributed by atoms with Crippen molar-refractivity contribution in [3.05, 3.63) is 77.0 Å². The predicted octanol–water partition coefficient (Wildman–Crippen LogP) is 8.84. The SMILES string of the molecule is C=CC(C)C/C(C)=C\C.COc1cc(C(C)=O)c(C)cc1OCCCCCOc1cc2c(cc1OC)C(=O)N1C=C(C)CC1C=N2. The summed E-state index contributed by atoms with van der Waals surface area (Å²) in [5.41, 5.74) is 5.21. The Bertz CT molecular complexity index is 1490. The molecule has 0 saturated heterocycles. The van der Waals surface area contributed by atoms with E-state index in [0.717, 1.165) is 43.2 Å². The number of rotatable bonds is 14. The molecule has 46 heavy (non-hydrogen) atoms. The van der Waals surface area contributed by atoms with Gasteiger partial charge in [0, 0.05) is 24.0 Å². The zero-order valence-corrected chi connectivity index (χ0v) is 28.8. The van der Waals surface area contributed by atoms with E-state index in [9.17, 15) is 9.59 Å². The quantitative estimate of drug-likeness (QED) is 0.118. The lowest BCUT2D eigenvalue weighted by atomic mass is 10.0. The van der Waals surface area contributed by atoms with E-state index in [1.807, 2.05) is 38.4 Å². The number of benzene rings is 2. The van der Waals surface area contributed by atoms with Crippen molar-refractivity contribution in [1.82, 2.24) is 4.90 Å². The maximum Gasteiger partial charge on any atom is 0.260 e. The van der Waals surface area contributed by atoms with E-state index in [1.165, 1.54) is 5.57 Å². The van der Waals surface area contributed by atoms with Gasteiger partial charge in [-0.05, 0) is 96.4 Å². The second-order valence-corrected chi connectivity index (χ2v) is 11.9. The van der Waals surface area contributed by atoms with Crippen molar-refractivity contribution in [2.24, 2.45) is 10.9 Å². The van der Waals surface area contributed by atoms with Gasteiger partial charge in [0.15, 0.2) is 28.8 Å². The topological polar surface area (TPSA) is 86.7 Å². The molecule has 248 valence electrons. The molecular formula is C38H50N2O6. The maximum atomic E-state index is 13.1. The molecule has 0 fully saturated rings. The van der Waals surface area contributed by atoms with E-state index in [1.54, 1.807) is 44.2 Å². The molecule has 8 heteroatoms. The molecule has 0 bridgehead atoms. The number of nitrogens with zero attached hydrogens (tertiary/aromatic N) is 2. The Kier molecular flexibility index (Phi) is 13.7. The van der Waals surface area contributed by atoms with Gasteiger partial charge in [-0.3, -0.25) is 14.6 Å². The van der Waals surface area contributed by atoms with Crippen LogP contribution < -0.4 is 18.9 Å². The minimum absolute atomic E-state index is 0.000519. The van der Waals surface area contributed by atoms with Gasteiger partial charge in [-0.25, -0.2) is 0 Å². The first-order valence-electron chi connectivity index (χ1n) is 16.0. The van der Waals surface area contributed by atoms with Crippen molar-refractivity contribution >= 4 is 23.6 Å². The Labute approximate surface area is 274 Å². The molecule has 0 saturated carbocycles. The number of hydrogen-bond acceptors (Lipinski definition) is 7. The minimum Gasteiger partial charge on any atom is -0.493 e. The Morgan fingerprint density at radius 1 is 1.00 bits per heavy atom. The molecule has 2 atom stereocenters. The number of Topliss-reactive ketones (excluding diaryl/α,β-unsaturated/α-hetero) is 1. The van der Waals surface area contributed by atoms with Crippen LogP contribution in [0.3, 0.4) is 0 Å². The van der Waals surface area contributed by atoms with Gasteiger partial charge in [-0.1, -0.05) is 30.2 Å². The maximum absolute atomic E-state index is 13.1. The van der Waals surface area contributed by atoms with Crippen LogP contribution in [0.15, 0.2) is 65.3 Å². The number of fused-ring (bicyclic) bond motifs is 2. The van der Waals surface area contributed by atoms with E-state index in [0.29, 0.717) is 58.9 Å². The number of hydrogen-bond donors (Lipinski definition) is 0. The van der Waals surface area contributed by atoms with Crippen LogP contribution in [0, 0.1) is 12.8 Å². The molecule has 4 rings (SSSR count). The van der Waals surface area contributed by atoms with Gasteiger partial charge in [0.1, 0.15) is 0 Å². The highest BCUT2D eigenvalue weighted by atomic mass is 16.5. The number of methoxy groups -OCH3 is 2. The number of unbranched alkanes of at least 4 members (excludes halogenated alkanes) is 2. The molecule has 8 nitrogen and oxygen atoms in total. The van der Waals surface area contributed by atoms with Crippen LogP contribution in [0.4, 0.5) is 5.69 Å². The first-order chi connectivity index (χ1) is 22.0. The highest BCUT2D eigenvalue weighted by molar-refractivity contribution is 6.04. The fourth-order valence-electron chi connectivity index (χ4n) is 5.32. The second-order valence-electron chi connectivity index (χ2n) is 11.9. The van der Waals surface area contributed by atoms with Gasteiger partial charge < -0.3 is 23.8 Å². The van der Waals surface area contributed by atoms with Crippen LogP contribution in [-0.2, 0) is 0 Å².